The maximum Gasteiger partial charge on any atom is 0.280 e. The molecule has 0 unspecified atom stereocenters. The molecular weight excluding hydrogens is 312 g/mol. The number of amides is 2. The molecule has 0 fully saturated rings. The Bertz CT molecular complexity index is 681. The van der Waals surface area contributed by atoms with Gasteiger partial charge in [0.05, 0.1) is 12.3 Å². The third-order valence-electron chi connectivity index (χ3n) is 3.52. The average Bonchev–Trinajstić information content (AvgIpc) is 2.50. The van der Waals surface area contributed by atoms with Crippen molar-refractivity contribution in [2.24, 2.45) is 16.5 Å². The molecule has 0 aliphatic carbocycles. The second kappa shape index (κ2) is 6.88. The van der Waals surface area contributed by atoms with Crippen molar-refractivity contribution < 1.29 is 19.1 Å². The Balaban J connectivity index is 2.41. The molecule has 0 spiro atoms. The number of aliphatic imine (C=N–C) groups is 1. The van der Waals surface area contributed by atoms with Crippen LogP contribution in [0.3, 0.4) is 0 Å². The van der Waals surface area contributed by atoms with Gasteiger partial charge in [-0.1, -0.05) is 0 Å². The van der Waals surface area contributed by atoms with E-state index >= 15 is 0 Å². The molecule has 1 aromatic rings. The second-order valence-electron chi connectivity index (χ2n) is 5.79. The Hall–Kier alpha value is -2.61. The van der Waals surface area contributed by atoms with Gasteiger partial charge in [-0.15, -0.1) is 0 Å². The van der Waals surface area contributed by atoms with Gasteiger partial charge < -0.3 is 25.8 Å². The van der Waals surface area contributed by atoms with Gasteiger partial charge in [0.2, 0.25) is 0 Å². The molecule has 8 nitrogen and oxygen atoms in total. The molecule has 0 bridgehead atoms. The van der Waals surface area contributed by atoms with E-state index in [9.17, 15) is 9.59 Å². The number of carbonyl (C=O) groups is 2. The van der Waals surface area contributed by atoms with Gasteiger partial charge in [-0.3, -0.25) is 9.59 Å². The van der Waals surface area contributed by atoms with Crippen LogP contribution in [-0.2, 0) is 9.53 Å². The highest BCUT2D eigenvalue weighted by Crippen LogP contribution is 2.38. The zero-order valence-electron chi connectivity index (χ0n) is 14.0. The van der Waals surface area contributed by atoms with E-state index in [0.29, 0.717) is 31.2 Å². The number of rotatable bonds is 5. The van der Waals surface area contributed by atoms with Crippen molar-refractivity contribution in [3.8, 4) is 5.75 Å². The summed E-state index contributed by atoms with van der Waals surface area (Å²) in [5.41, 5.74) is 10.2. The molecule has 0 radical (unpaired) electrons. The summed E-state index contributed by atoms with van der Waals surface area (Å²) in [5, 5.41) is 0. The van der Waals surface area contributed by atoms with Crippen LogP contribution in [0.2, 0.25) is 0 Å². The van der Waals surface area contributed by atoms with Crippen molar-refractivity contribution in [1.29, 1.82) is 0 Å². The Morgan fingerprint density at radius 1 is 1.38 bits per heavy atom. The molecule has 1 aliphatic heterocycles. The molecule has 1 aliphatic rings. The monoisotopic (exact) mass is 334 g/mol. The van der Waals surface area contributed by atoms with E-state index in [1.165, 1.54) is 0 Å². The number of hydrogen-bond donors (Lipinski definition) is 2. The molecule has 130 valence electrons. The van der Waals surface area contributed by atoms with E-state index in [4.69, 9.17) is 20.9 Å². The fraction of sp³-hybridized carbons (Fsp3) is 0.438. The number of guanidine groups is 1. The topological polar surface area (TPSA) is 120 Å². The van der Waals surface area contributed by atoms with Crippen molar-refractivity contribution in [1.82, 2.24) is 0 Å². The van der Waals surface area contributed by atoms with Crippen LogP contribution >= 0.6 is 0 Å². The number of nitrogens with zero attached hydrogens (tertiary/aromatic N) is 2. The lowest BCUT2D eigenvalue weighted by Crippen LogP contribution is -2.53. The summed E-state index contributed by atoms with van der Waals surface area (Å²) in [5.74, 6) is -0.599. The van der Waals surface area contributed by atoms with E-state index in [-0.39, 0.29) is 17.4 Å². The molecule has 0 saturated heterocycles. The summed E-state index contributed by atoms with van der Waals surface area (Å²) >= 11 is 0. The first kappa shape index (κ1) is 17.7. The highest BCUT2D eigenvalue weighted by atomic mass is 16.5. The van der Waals surface area contributed by atoms with Gasteiger partial charge in [-0.25, -0.2) is 0 Å². The smallest absolute Gasteiger partial charge is 0.280 e. The molecule has 0 aromatic heterocycles. The van der Waals surface area contributed by atoms with E-state index in [0.717, 1.165) is 0 Å². The first-order valence-corrected chi connectivity index (χ1v) is 7.63. The SMILES string of the molecule is CCOCCN1C(=O)C(C)(C)Oc2ccc(C(=O)N=C(N)N)cc21. The van der Waals surface area contributed by atoms with Crippen molar-refractivity contribution in [2.45, 2.75) is 26.4 Å². The first-order valence-electron chi connectivity index (χ1n) is 7.63. The maximum atomic E-state index is 12.7. The summed E-state index contributed by atoms with van der Waals surface area (Å²) in [6, 6.07) is 4.73. The van der Waals surface area contributed by atoms with Gasteiger partial charge >= 0.3 is 0 Å². The highest BCUT2D eigenvalue weighted by Gasteiger charge is 2.40. The molecule has 2 amide bonds. The molecule has 4 N–H and O–H groups in total. The van der Waals surface area contributed by atoms with Crippen molar-refractivity contribution in [3.63, 3.8) is 0 Å². The second-order valence-corrected chi connectivity index (χ2v) is 5.79. The Morgan fingerprint density at radius 3 is 2.71 bits per heavy atom. The van der Waals surface area contributed by atoms with Crippen molar-refractivity contribution in [2.75, 3.05) is 24.7 Å². The lowest BCUT2D eigenvalue weighted by Gasteiger charge is -2.38. The number of hydrogen-bond acceptors (Lipinski definition) is 4. The molecule has 2 rings (SSSR count). The minimum Gasteiger partial charge on any atom is -0.476 e. The van der Waals surface area contributed by atoms with E-state index in [1.54, 1.807) is 36.9 Å². The number of carbonyl (C=O) groups excluding carboxylic acids is 2. The quantitative estimate of drug-likeness (QED) is 0.463. The summed E-state index contributed by atoms with van der Waals surface area (Å²) in [7, 11) is 0. The maximum absolute atomic E-state index is 12.7. The summed E-state index contributed by atoms with van der Waals surface area (Å²) in [6.45, 7) is 6.56. The largest absolute Gasteiger partial charge is 0.476 e. The molecule has 0 saturated carbocycles. The molecule has 1 aromatic carbocycles. The van der Waals surface area contributed by atoms with E-state index in [2.05, 4.69) is 4.99 Å². The Labute approximate surface area is 140 Å². The lowest BCUT2D eigenvalue weighted by atomic mass is 10.0. The fourth-order valence-electron chi connectivity index (χ4n) is 2.40. The molecule has 24 heavy (non-hydrogen) atoms. The van der Waals surface area contributed by atoms with Crippen LogP contribution in [0.15, 0.2) is 23.2 Å². The normalized spacial score (nSPS) is 15.5. The van der Waals surface area contributed by atoms with Crippen LogP contribution in [0.5, 0.6) is 5.75 Å². The van der Waals surface area contributed by atoms with Gasteiger partial charge in [0.25, 0.3) is 11.8 Å². The predicted octanol–water partition coefficient (Wildman–Crippen LogP) is 0.641. The average molecular weight is 334 g/mol. The molecule has 8 heteroatoms. The molecule has 0 atom stereocenters. The van der Waals surface area contributed by atoms with Gasteiger partial charge in [0.1, 0.15) is 5.75 Å². The van der Waals surface area contributed by atoms with Crippen molar-refractivity contribution >= 4 is 23.5 Å². The number of fused-ring (bicyclic) bond motifs is 1. The zero-order valence-corrected chi connectivity index (χ0v) is 14.0. The van der Waals surface area contributed by atoms with Crippen LogP contribution in [0.4, 0.5) is 5.69 Å². The van der Waals surface area contributed by atoms with E-state index < -0.39 is 11.5 Å². The Kier molecular flexibility index (Phi) is 5.08. The first-order chi connectivity index (χ1) is 11.3. The number of anilines is 1. The van der Waals surface area contributed by atoms with E-state index in [1.807, 2.05) is 6.92 Å². The van der Waals surface area contributed by atoms with Crippen LogP contribution in [-0.4, -0.2) is 43.1 Å². The number of ether oxygens (including phenoxy) is 2. The van der Waals surface area contributed by atoms with Gasteiger partial charge in [-0.2, -0.15) is 4.99 Å². The number of nitrogens with two attached hydrogens (primary N) is 2. The van der Waals surface area contributed by atoms with Crippen LogP contribution in [0, 0.1) is 0 Å². The van der Waals surface area contributed by atoms with Gasteiger partial charge in [0.15, 0.2) is 11.6 Å². The molecular formula is C16H22N4O4. The standard InChI is InChI=1S/C16H22N4O4/c1-4-23-8-7-20-11-9-10(13(21)19-15(17)18)5-6-12(11)24-16(2,3)14(20)22/h5-6,9H,4,7-8H2,1-3H3,(H4,17,18,19,21). The van der Waals surface area contributed by atoms with Gasteiger partial charge in [0, 0.05) is 18.7 Å². The minimum atomic E-state index is -0.995. The summed E-state index contributed by atoms with van der Waals surface area (Å²) in [4.78, 5) is 29.7. The van der Waals surface area contributed by atoms with Crippen LogP contribution in [0.25, 0.3) is 0 Å². The third-order valence-corrected chi connectivity index (χ3v) is 3.52. The Morgan fingerprint density at radius 2 is 2.08 bits per heavy atom. The highest BCUT2D eigenvalue weighted by molar-refractivity contribution is 6.06. The van der Waals surface area contributed by atoms with Crippen molar-refractivity contribution in [3.05, 3.63) is 23.8 Å². The van der Waals surface area contributed by atoms with Crippen LogP contribution in [0.1, 0.15) is 31.1 Å². The summed E-state index contributed by atoms with van der Waals surface area (Å²) < 4.78 is 11.1. The summed E-state index contributed by atoms with van der Waals surface area (Å²) in [6.07, 6.45) is 0. The molecule has 1 heterocycles. The fourth-order valence-corrected chi connectivity index (χ4v) is 2.40. The minimum absolute atomic E-state index is 0.207. The predicted molar refractivity (Wildman–Crippen MR) is 90.1 cm³/mol. The zero-order chi connectivity index (χ0) is 17.9. The van der Waals surface area contributed by atoms with Crippen LogP contribution < -0.4 is 21.1 Å². The van der Waals surface area contributed by atoms with Gasteiger partial charge in [-0.05, 0) is 39.0 Å². The lowest BCUT2D eigenvalue weighted by molar-refractivity contribution is -0.132. The number of benzene rings is 1. The third kappa shape index (κ3) is 3.65.